The lowest BCUT2D eigenvalue weighted by molar-refractivity contribution is -0.146. The molecule has 2 aromatic rings. The maximum atomic E-state index is 12.8. The number of carbonyl (C=O) groups is 1. The highest BCUT2D eigenvalue weighted by Gasteiger charge is 2.31. The minimum absolute atomic E-state index is 0.00995. The zero-order valence-corrected chi connectivity index (χ0v) is 14.8. The molecule has 1 aliphatic heterocycles. The number of carbonyl (C=O) groups excluding carboxylic acids is 1. The number of benzene rings is 2. The summed E-state index contributed by atoms with van der Waals surface area (Å²) in [5.41, 5.74) is 3.06. The molecule has 132 valence electrons. The van der Waals surface area contributed by atoms with E-state index in [1.807, 2.05) is 54.3 Å². The Balaban J connectivity index is 1.69. The minimum Gasteiger partial charge on any atom is -0.388 e. The molecule has 0 aliphatic carbocycles. The summed E-state index contributed by atoms with van der Waals surface area (Å²) in [7, 11) is 0. The van der Waals surface area contributed by atoms with Crippen LogP contribution in [0.3, 0.4) is 0 Å². The molecule has 0 aromatic heterocycles. The van der Waals surface area contributed by atoms with Crippen LogP contribution in [0.2, 0.25) is 0 Å². The molecule has 1 aliphatic rings. The van der Waals surface area contributed by atoms with E-state index in [0.717, 1.165) is 11.1 Å². The number of aryl methyl sites for hydroxylation is 1. The van der Waals surface area contributed by atoms with Crippen molar-refractivity contribution < 1.29 is 14.6 Å². The van der Waals surface area contributed by atoms with Gasteiger partial charge in [-0.3, -0.25) is 4.79 Å². The summed E-state index contributed by atoms with van der Waals surface area (Å²) in [5, 5.41) is 10.4. The van der Waals surface area contributed by atoms with Crippen LogP contribution in [0.4, 0.5) is 0 Å². The Morgan fingerprint density at radius 2 is 1.88 bits per heavy atom. The Hall–Kier alpha value is -2.17. The molecule has 1 amide bonds. The van der Waals surface area contributed by atoms with Crippen LogP contribution >= 0.6 is 0 Å². The number of aliphatic hydroxyl groups excluding tert-OH is 1. The first-order chi connectivity index (χ1) is 12.1. The maximum absolute atomic E-state index is 12.8. The first-order valence-electron chi connectivity index (χ1n) is 8.76. The molecule has 3 atom stereocenters. The van der Waals surface area contributed by atoms with Crippen LogP contribution in [0.5, 0.6) is 0 Å². The first kappa shape index (κ1) is 17.6. The van der Waals surface area contributed by atoms with Crippen molar-refractivity contribution in [3.05, 3.63) is 71.3 Å². The van der Waals surface area contributed by atoms with E-state index < -0.39 is 6.10 Å². The van der Waals surface area contributed by atoms with Crippen LogP contribution in [0.15, 0.2) is 54.6 Å². The lowest BCUT2D eigenvalue weighted by Gasteiger charge is -2.39. The molecule has 0 radical (unpaired) electrons. The van der Waals surface area contributed by atoms with Gasteiger partial charge in [-0.2, -0.15) is 0 Å². The van der Waals surface area contributed by atoms with Crippen LogP contribution in [-0.2, 0) is 9.53 Å². The summed E-state index contributed by atoms with van der Waals surface area (Å²) in [6.07, 6.45) is -0.801. The topological polar surface area (TPSA) is 49.8 Å². The molecule has 1 saturated heterocycles. The summed E-state index contributed by atoms with van der Waals surface area (Å²) in [6.45, 7) is 5.07. The van der Waals surface area contributed by atoms with Crippen LogP contribution in [0.25, 0.3) is 0 Å². The van der Waals surface area contributed by atoms with E-state index in [0.29, 0.717) is 13.2 Å². The van der Waals surface area contributed by atoms with Gasteiger partial charge in [0.15, 0.2) is 0 Å². The second kappa shape index (κ2) is 7.81. The number of amides is 1. The van der Waals surface area contributed by atoms with Gasteiger partial charge in [0, 0.05) is 0 Å². The summed E-state index contributed by atoms with van der Waals surface area (Å²) in [5.74, 6) is -0.0364. The number of hydrogen-bond acceptors (Lipinski definition) is 3. The van der Waals surface area contributed by atoms with Gasteiger partial charge in [0.1, 0.15) is 6.10 Å². The molecular weight excluding hydrogens is 314 g/mol. The molecule has 1 fully saturated rings. The van der Waals surface area contributed by atoms with Crippen LogP contribution < -0.4 is 0 Å². The molecule has 4 heteroatoms. The summed E-state index contributed by atoms with van der Waals surface area (Å²) >= 11 is 0. The normalized spacial score (nSPS) is 21.8. The van der Waals surface area contributed by atoms with Gasteiger partial charge in [0.2, 0.25) is 5.91 Å². The highest BCUT2D eigenvalue weighted by atomic mass is 16.5. The van der Waals surface area contributed by atoms with Gasteiger partial charge >= 0.3 is 0 Å². The van der Waals surface area contributed by atoms with E-state index >= 15 is 0 Å². The number of hydrogen-bond donors (Lipinski definition) is 1. The number of nitrogens with zero attached hydrogens (tertiary/aromatic N) is 1. The molecule has 0 bridgehead atoms. The third-order valence-electron chi connectivity index (χ3n) is 4.84. The van der Waals surface area contributed by atoms with Crippen molar-refractivity contribution in [3.8, 4) is 0 Å². The van der Waals surface area contributed by atoms with Crippen LogP contribution in [0, 0.1) is 6.92 Å². The van der Waals surface area contributed by atoms with Gasteiger partial charge in [-0.25, -0.2) is 0 Å². The van der Waals surface area contributed by atoms with E-state index in [9.17, 15) is 9.90 Å². The molecule has 1 N–H and O–H groups in total. The van der Waals surface area contributed by atoms with E-state index in [1.165, 1.54) is 5.56 Å². The maximum Gasteiger partial charge on any atom is 0.225 e. The fourth-order valence-electron chi connectivity index (χ4n) is 3.32. The van der Waals surface area contributed by atoms with Gasteiger partial charge in [-0.05, 0) is 30.5 Å². The largest absolute Gasteiger partial charge is 0.388 e. The number of aliphatic hydroxyl groups is 1. The third-order valence-corrected chi connectivity index (χ3v) is 4.84. The zero-order chi connectivity index (χ0) is 17.8. The Bertz CT molecular complexity index is 716. The molecular formula is C21H25NO3. The smallest absolute Gasteiger partial charge is 0.225 e. The summed E-state index contributed by atoms with van der Waals surface area (Å²) in [4.78, 5) is 14.6. The van der Waals surface area contributed by atoms with E-state index in [4.69, 9.17) is 4.74 Å². The van der Waals surface area contributed by atoms with Crippen molar-refractivity contribution in [2.24, 2.45) is 0 Å². The van der Waals surface area contributed by atoms with Gasteiger partial charge in [-0.15, -0.1) is 0 Å². The molecule has 3 rings (SSSR count). The molecule has 0 spiro atoms. The second-order valence-electron chi connectivity index (χ2n) is 6.70. The molecule has 3 unspecified atom stereocenters. The molecule has 0 saturated carbocycles. The SMILES string of the molecule is Cc1ccccc1C1CN(C(=O)CC(O)c2ccccc2)C(C)CO1. The lowest BCUT2D eigenvalue weighted by atomic mass is 10.00. The van der Waals surface area contributed by atoms with Crippen molar-refractivity contribution in [1.29, 1.82) is 0 Å². The van der Waals surface area contributed by atoms with Gasteiger partial charge in [0.25, 0.3) is 0 Å². The average Bonchev–Trinajstić information content (AvgIpc) is 2.63. The third kappa shape index (κ3) is 4.09. The summed E-state index contributed by atoms with van der Waals surface area (Å²) in [6, 6.07) is 17.4. The Kier molecular flexibility index (Phi) is 5.51. The monoisotopic (exact) mass is 339 g/mol. The fraction of sp³-hybridized carbons (Fsp3) is 0.381. The lowest BCUT2D eigenvalue weighted by Crippen LogP contribution is -2.48. The standard InChI is InChI=1S/C21H25NO3/c1-15-8-6-7-11-18(15)20-13-22(16(2)14-25-20)21(24)12-19(23)17-9-4-3-5-10-17/h3-11,16,19-20,23H,12-14H2,1-2H3. The zero-order valence-electron chi connectivity index (χ0n) is 14.8. The van der Waals surface area contributed by atoms with Gasteiger partial charge < -0.3 is 14.7 Å². The molecule has 2 aromatic carbocycles. The average molecular weight is 339 g/mol. The van der Waals surface area contributed by atoms with Gasteiger partial charge in [0.05, 0.1) is 31.7 Å². The van der Waals surface area contributed by atoms with Crippen molar-refractivity contribution in [3.63, 3.8) is 0 Å². The van der Waals surface area contributed by atoms with Crippen molar-refractivity contribution >= 4 is 5.91 Å². The fourth-order valence-corrected chi connectivity index (χ4v) is 3.32. The minimum atomic E-state index is -0.777. The van der Waals surface area contributed by atoms with Crippen LogP contribution in [0.1, 0.15) is 42.2 Å². The Labute approximate surface area is 149 Å². The van der Waals surface area contributed by atoms with E-state index in [2.05, 4.69) is 19.1 Å². The highest BCUT2D eigenvalue weighted by Crippen LogP contribution is 2.28. The Morgan fingerprint density at radius 3 is 2.60 bits per heavy atom. The predicted octanol–water partition coefficient (Wildman–Crippen LogP) is 3.41. The summed E-state index contributed by atoms with van der Waals surface area (Å²) < 4.78 is 5.97. The number of ether oxygens (including phenoxy) is 1. The van der Waals surface area contributed by atoms with Crippen LogP contribution in [-0.4, -0.2) is 35.1 Å². The van der Waals surface area contributed by atoms with Crippen molar-refractivity contribution in [2.75, 3.05) is 13.2 Å². The Morgan fingerprint density at radius 1 is 1.20 bits per heavy atom. The molecule has 1 heterocycles. The predicted molar refractivity (Wildman–Crippen MR) is 97.1 cm³/mol. The molecule has 4 nitrogen and oxygen atoms in total. The quantitative estimate of drug-likeness (QED) is 0.929. The number of rotatable bonds is 4. The second-order valence-corrected chi connectivity index (χ2v) is 6.70. The van der Waals surface area contributed by atoms with Crippen molar-refractivity contribution in [2.45, 2.75) is 38.5 Å². The van der Waals surface area contributed by atoms with Gasteiger partial charge in [-0.1, -0.05) is 54.6 Å². The number of morpholine rings is 1. The highest BCUT2D eigenvalue weighted by molar-refractivity contribution is 5.77. The van der Waals surface area contributed by atoms with E-state index in [1.54, 1.807) is 0 Å². The van der Waals surface area contributed by atoms with Crippen molar-refractivity contribution in [1.82, 2.24) is 4.90 Å². The molecule has 25 heavy (non-hydrogen) atoms. The first-order valence-corrected chi connectivity index (χ1v) is 8.76. The van der Waals surface area contributed by atoms with E-state index in [-0.39, 0.29) is 24.5 Å².